The smallest absolute Gasteiger partial charge is 0.407 e. The van der Waals surface area contributed by atoms with Crippen LogP contribution in [0.1, 0.15) is 50.9 Å². The first-order valence-electron chi connectivity index (χ1n) is 10.5. The molecule has 0 spiro atoms. The lowest BCUT2D eigenvalue weighted by Gasteiger charge is -2.27. The van der Waals surface area contributed by atoms with Gasteiger partial charge in [0.05, 0.1) is 5.54 Å². The molecule has 170 valence electrons. The van der Waals surface area contributed by atoms with E-state index in [1.165, 1.54) is 0 Å². The van der Waals surface area contributed by atoms with Crippen molar-refractivity contribution < 1.29 is 23.5 Å². The minimum Gasteiger partial charge on any atom is -0.486 e. The normalized spacial score (nSPS) is 11.8. The first-order valence-corrected chi connectivity index (χ1v) is 10.5. The van der Waals surface area contributed by atoms with Gasteiger partial charge in [-0.25, -0.2) is 4.79 Å². The zero-order valence-electron chi connectivity index (χ0n) is 19.2. The molecule has 0 radical (unpaired) electrons. The van der Waals surface area contributed by atoms with Crippen molar-refractivity contribution in [3.05, 3.63) is 66.1 Å². The molecule has 0 bridgehead atoms. The Balaban J connectivity index is 1.52. The summed E-state index contributed by atoms with van der Waals surface area (Å²) >= 11 is 0. The highest BCUT2D eigenvalue weighted by Gasteiger charge is 2.25. The van der Waals surface area contributed by atoms with Crippen molar-refractivity contribution in [3.63, 3.8) is 0 Å². The molecule has 32 heavy (non-hydrogen) atoms. The van der Waals surface area contributed by atoms with Gasteiger partial charge in [0.15, 0.2) is 5.76 Å². The molecule has 0 aliphatic rings. The Morgan fingerprint density at radius 2 is 1.66 bits per heavy atom. The van der Waals surface area contributed by atoms with E-state index in [4.69, 9.17) is 13.9 Å². The first-order chi connectivity index (χ1) is 15.0. The van der Waals surface area contributed by atoms with Gasteiger partial charge in [0.25, 0.3) is 5.91 Å². The summed E-state index contributed by atoms with van der Waals surface area (Å²) in [7, 11) is 0. The van der Waals surface area contributed by atoms with Gasteiger partial charge < -0.3 is 24.5 Å². The van der Waals surface area contributed by atoms with Gasteiger partial charge in [0, 0.05) is 6.54 Å². The van der Waals surface area contributed by atoms with Gasteiger partial charge in [-0.05, 0) is 69.7 Å². The Morgan fingerprint density at radius 3 is 2.38 bits per heavy atom. The summed E-state index contributed by atoms with van der Waals surface area (Å²) in [5, 5.41) is 7.75. The number of carbonyl (C=O) groups excluding carboxylic acids is 2. The second kappa shape index (κ2) is 9.34. The maximum Gasteiger partial charge on any atom is 0.407 e. The summed E-state index contributed by atoms with van der Waals surface area (Å²) in [6.45, 7) is 9.37. The second-order valence-corrected chi connectivity index (χ2v) is 9.26. The van der Waals surface area contributed by atoms with Crippen LogP contribution in [-0.4, -0.2) is 29.7 Å². The third-order valence-corrected chi connectivity index (χ3v) is 4.51. The summed E-state index contributed by atoms with van der Waals surface area (Å²) in [4.78, 5) is 24.4. The molecule has 1 heterocycles. The summed E-state index contributed by atoms with van der Waals surface area (Å²) < 4.78 is 16.7. The zero-order chi connectivity index (χ0) is 23.4. The minimum atomic E-state index is -0.706. The van der Waals surface area contributed by atoms with E-state index in [9.17, 15) is 9.59 Å². The van der Waals surface area contributed by atoms with E-state index in [1.807, 2.05) is 42.5 Å². The largest absolute Gasteiger partial charge is 0.486 e. The number of alkyl carbamates (subject to hydrolysis) is 1. The third kappa shape index (κ3) is 6.77. The van der Waals surface area contributed by atoms with Crippen molar-refractivity contribution in [1.29, 1.82) is 0 Å². The first kappa shape index (κ1) is 23.2. The average Bonchev–Trinajstić information content (AvgIpc) is 3.18. The van der Waals surface area contributed by atoms with Gasteiger partial charge in [-0.1, -0.05) is 30.3 Å². The Kier molecular flexibility index (Phi) is 6.77. The lowest BCUT2D eigenvalue weighted by molar-refractivity contribution is 0.0509. The summed E-state index contributed by atoms with van der Waals surface area (Å²) in [5.74, 6) is 1.05. The zero-order valence-corrected chi connectivity index (χ0v) is 19.2. The minimum absolute atomic E-state index is 0.174. The molecule has 3 aromatic rings. The van der Waals surface area contributed by atoms with Crippen LogP contribution < -0.4 is 15.4 Å². The van der Waals surface area contributed by atoms with Crippen molar-refractivity contribution in [2.24, 2.45) is 0 Å². The highest BCUT2D eigenvalue weighted by molar-refractivity contribution is 5.92. The van der Waals surface area contributed by atoms with Crippen molar-refractivity contribution >= 4 is 22.8 Å². The highest BCUT2D eigenvalue weighted by atomic mass is 16.6. The molecular formula is C25H30N2O5. The maximum absolute atomic E-state index is 12.6. The molecule has 0 aliphatic carbocycles. The number of ether oxygens (including phenoxy) is 2. The quantitative estimate of drug-likeness (QED) is 0.539. The Hall–Kier alpha value is -3.48. The van der Waals surface area contributed by atoms with Gasteiger partial charge in [-0.15, -0.1) is 0 Å². The number of hydrogen-bond donors (Lipinski definition) is 2. The number of furan rings is 1. The second-order valence-electron chi connectivity index (χ2n) is 9.26. The van der Waals surface area contributed by atoms with Crippen LogP contribution in [0.15, 0.2) is 59.0 Å². The molecule has 2 N–H and O–H groups in total. The van der Waals surface area contributed by atoms with Crippen LogP contribution in [-0.2, 0) is 11.3 Å². The number of benzene rings is 2. The molecule has 3 rings (SSSR count). The fourth-order valence-corrected chi connectivity index (χ4v) is 3.01. The Labute approximate surface area is 188 Å². The molecule has 2 aromatic carbocycles. The van der Waals surface area contributed by atoms with Crippen molar-refractivity contribution in [2.75, 3.05) is 6.54 Å². The fraction of sp³-hybridized carbons (Fsp3) is 0.360. The van der Waals surface area contributed by atoms with E-state index in [-0.39, 0.29) is 24.8 Å². The predicted octanol–water partition coefficient (Wildman–Crippen LogP) is 5.04. The number of carbonyl (C=O) groups is 2. The van der Waals surface area contributed by atoms with Gasteiger partial charge in [0.1, 0.15) is 23.7 Å². The van der Waals surface area contributed by atoms with Crippen molar-refractivity contribution in [3.8, 4) is 5.75 Å². The van der Waals surface area contributed by atoms with E-state index in [0.717, 1.165) is 16.5 Å². The topological polar surface area (TPSA) is 89.8 Å². The number of rotatable bonds is 7. The summed E-state index contributed by atoms with van der Waals surface area (Å²) in [6, 6.07) is 17.2. The maximum atomic E-state index is 12.6. The Morgan fingerprint density at radius 1 is 0.938 bits per heavy atom. The lowest BCUT2D eigenvalue weighted by atomic mass is 10.1. The van der Waals surface area contributed by atoms with Crippen LogP contribution >= 0.6 is 0 Å². The molecule has 7 nitrogen and oxygen atoms in total. The van der Waals surface area contributed by atoms with E-state index in [2.05, 4.69) is 10.6 Å². The molecule has 0 unspecified atom stereocenters. The van der Waals surface area contributed by atoms with Crippen molar-refractivity contribution in [1.82, 2.24) is 10.6 Å². The van der Waals surface area contributed by atoms with E-state index in [1.54, 1.807) is 46.8 Å². The molecule has 7 heteroatoms. The van der Waals surface area contributed by atoms with Gasteiger partial charge in [0.2, 0.25) is 0 Å². The molecule has 1 aromatic heterocycles. The van der Waals surface area contributed by atoms with Gasteiger partial charge in [-0.2, -0.15) is 0 Å². The number of amides is 2. The van der Waals surface area contributed by atoms with Crippen LogP contribution in [0.3, 0.4) is 0 Å². The highest BCUT2D eigenvalue weighted by Crippen LogP contribution is 2.22. The van der Waals surface area contributed by atoms with Crippen LogP contribution in [0, 0.1) is 0 Å². The van der Waals surface area contributed by atoms with Crippen LogP contribution in [0.4, 0.5) is 4.79 Å². The number of fused-ring (bicyclic) bond motifs is 1. The molecule has 0 saturated carbocycles. The van der Waals surface area contributed by atoms with Gasteiger partial charge in [-0.3, -0.25) is 4.79 Å². The van der Waals surface area contributed by atoms with Crippen LogP contribution in [0.5, 0.6) is 5.75 Å². The molecule has 0 atom stereocenters. The predicted molar refractivity (Wildman–Crippen MR) is 123 cm³/mol. The SMILES string of the molecule is CC(C)(CNC(=O)OC(C)(C)C)NC(=O)c1ccc(COc2ccc3ccccc3c2)o1. The van der Waals surface area contributed by atoms with E-state index >= 15 is 0 Å². The number of hydrogen-bond acceptors (Lipinski definition) is 5. The Bertz CT molecular complexity index is 1090. The summed E-state index contributed by atoms with van der Waals surface area (Å²) in [5.41, 5.74) is -1.29. The monoisotopic (exact) mass is 438 g/mol. The third-order valence-electron chi connectivity index (χ3n) is 4.51. The molecule has 0 fully saturated rings. The molecular weight excluding hydrogens is 408 g/mol. The standard InChI is InChI=1S/C25H30N2O5/c1-24(2,3)32-23(29)26-16-25(4,5)27-22(28)21-13-12-20(31-21)15-30-19-11-10-17-8-6-7-9-18(17)14-19/h6-14H,15-16H2,1-5H3,(H,26,29)(H,27,28). The fourth-order valence-electron chi connectivity index (χ4n) is 3.01. The van der Waals surface area contributed by atoms with Gasteiger partial charge >= 0.3 is 6.09 Å². The molecule has 0 aliphatic heterocycles. The average molecular weight is 439 g/mol. The van der Waals surface area contributed by atoms with Crippen LogP contribution in [0.2, 0.25) is 0 Å². The number of nitrogens with one attached hydrogen (secondary N) is 2. The van der Waals surface area contributed by atoms with Crippen LogP contribution in [0.25, 0.3) is 10.8 Å². The lowest BCUT2D eigenvalue weighted by Crippen LogP contribution is -2.52. The van der Waals surface area contributed by atoms with E-state index < -0.39 is 17.2 Å². The van der Waals surface area contributed by atoms with Crippen molar-refractivity contribution in [2.45, 2.75) is 52.4 Å². The summed E-state index contributed by atoms with van der Waals surface area (Å²) in [6.07, 6.45) is -0.536. The van der Waals surface area contributed by atoms with E-state index in [0.29, 0.717) is 5.76 Å². The molecule has 0 saturated heterocycles. The molecule has 2 amide bonds.